The van der Waals surface area contributed by atoms with E-state index in [1.54, 1.807) is 6.20 Å². The third-order valence-electron chi connectivity index (χ3n) is 1.57. The highest BCUT2D eigenvalue weighted by atomic mass is 16.3. The Balaban J connectivity index is 2.51. The first-order valence-electron chi connectivity index (χ1n) is 4.71. The molecule has 0 aromatic carbocycles. The van der Waals surface area contributed by atoms with Gasteiger partial charge < -0.3 is 10.4 Å². The molecule has 0 atom stereocenters. The van der Waals surface area contributed by atoms with Gasteiger partial charge in [-0.05, 0) is 20.8 Å². The summed E-state index contributed by atoms with van der Waals surface area (Å²) in [4.78, 5) is 11.5. The van der Waals surface area contributed by atoms with Crippen LogP contribution in [0.3, 0.4) is 0 Å². The lowest BCUT2D eigenvalue weighted by molar-refractivity contribution is -0.123. The molecule has 0 aliphatic heterocycles. The summed E-state index contributed by atoms with van der Waals surface area (Å²) in [6.45, 7) is 5.67. The molecule has 0 saturated carbocycles. The highest BCUT2D eigenvalue weighted by Crippen LogP contribution is 1.99. The second-order valence-electron chi connectivity index (χ2n) is 4.36. The van der Waals surface area contributed by atoms with Crippen molar-refractivity contribution in [2.24, 2.45) is 0 Å². The van der Waals surface area contributed by atoms with E-state index in [1.807, 2.05) is 20.8 Å². The molecule has 15 heavy (non-hydrogen) atoms. The monoisotopic (exact) mass is 212 g/mol. The van der Waals surface area contributed by atoms with Crippen LogP contribution in [0, 0.1) is 0 Å². The summed E-state index contributed by atoms with van der Waals surface area (Å²) in [6.07, 6.45) is 1.54. The fraction of sp³-hybridized carbons (Fsp3) is 0.667. The molecule has 0 aliphatic carbocycles. The van der Waals surface area contributed by atoms with Crippen LogP contribution in [0.4, 0.5) is 0 Å². The Labute approximate surface area is 88.3 Å². The quantitative estimate of drug-likeness (QED) is 0.720. The van der Waals surface area contributed by atoms with Crippen LogP contribution in [0.5, 0.6) is 0 Å². The summed E-state index contributed by atoms with van der Waals surface area (Å²) in [5, 5.41) is 18.9. The SMILES string of the molecule is CC(C)(C)NC(=O)Cn1cc(CO)nn1. The van der Waals surface area contributed by atoms with Gasteiger partial charge in [-0.3, -0.25) is 4.79 Å². The second-order valence-corrected chi connectivity index (χ2v) is 4.36. The Kier molecular flexibility index (Phi) is 3.41. The van der Waals surface area contributed by atoms with Crippen molar-refractivity contribution in [2.45, 2.75) is 39.5 Å². The number of amides is 1. The van der Waals surface area contributed by atoms with Crippen LogP contribution in [-0.2, 0) is 17.9 Å². The molecule has 84 valence electrons. The summed E-state index contributed by atoms with van der Waals surface area (Å²) in [7, 11) is 0. The van der Waals surface area contributed by atoms with Crippen LogP contribution in [0.25, 0.3) is 0 Å². The zero-order valence-electron chi connectivity index (χ0n) is 9.19. The number of aliphatic hydroxyl groups excluding tert-OH is 1. The van der Waals surface area contributed by atoms with E-state index >= 15 is 0 Å². The Morgan fingerprint density at radius 1 is 1.60 bits per heavy atom. The van der Waals surface area contributed by atoms with Crippen molar-refractivity contribution in [1.29, 1.82) is 0 Å². The average molecular weight is 212 g/mol. The maximum atomic E-state index is 11.5. The predicted octanol–water partition coefficient (Wildman–Crippen LogP) is -0.315. The molecule has 6 heteroatoms. The van der Waals surface area contributed by atoms with E-state index in [0.717, 1.165) is 0 Å². The van der Waals surface area contributed by atoms with Crippen LogP contribution in [0.1, 0.15) is 26.5 Å². The molecule has 0 aliphatic rings. The number of aliphatic hydroxyl groups is 1. The number of rotatable bonds is 3. The molecule has 1 rings (SSSR count). The van der Waals surface area contributed by atoms with Crippen molar-refractivity contribution < 1.29 is 9.90 Å². The summed E-state index contributed by atoms with van der Waals surface area (Å²) < 4.78 is 1.40. The number of carbonyl (C=O) groups excluding carboxylic acids is 1. The molecule has 1 amide bonds. The molecule has 1 aromatic heterocycles. The summed E-state index contributed by atoms with van der Waals surface area (Å²) in [6, 6.07) is 0. The first kappa shape index (κ1) is 11.6. The normalized spacial score (nSPS) is 11.5. The minimum atomic E-state index is -0.253. The molecule has 0 saturated heterocycles. The maximum absolute atomic E-state index is 11.5. The number of hydrogen-bond donors (Lipinski definition) is 2. The Morgan fingerprint density at radius 2 is 2.27 bits per heavy atom. The summed E-state index contributed by atoms with van der Waals surface area (Å²) in [5.74, 6) is -0.128. The number of carbonyl (C=O) groups is 1. The van der Waals surface area contributed by atoms with Gasteiger partial charge in [0.15, 0.2) is 0 Å². The van der Waals surface area contributed by atoms with Crippen LogP contribution >= 0.6 is 0 Å². The molecule has 0 spiro atoms. The largest absolute Gasteiger partial charge is 0.390 e. The van der Waals surface area contributed by atoms with Gasteiger partial charge in [0.2, 0.25) is 5.91 Å². The van der Waals surface area contributed by atoms with E-state index in [4.69, 9.17) is 5.11 Å². The predicted molar refractivity (Wildman–Crippen MR) is 53.8 cm³/mol. The molecule has 6 nitrogen and oxygen atoms in total. The van der Waals surface area contributed by atoms with Crippen LogP contribution in [0.2, 0.25) is 0 Å². The smallest absolute Gasteiger partial charge is 0.242 e. The Morgan fingerprint density at radius 3 is 2.73 bits per heavy atom. The van der Waals surface area contributed by atoms with Crippen molar-refractivity contribution >= 4 is 5.91 Å². The van der Waals surface area contributed by atoms with E-state index in [0.29, 0.717) is 5.69 Å². The van der Waals surface area contributed by atoms with Crippen LogP contribution in [-0.4, -0.2) is 31.5 Å². The van der Waals surface area contributed by atoms with Gasteiger partial charge in [0.25, 0.3) is 0 Å². The fourth-order valence-electron chi connectivity index (χ4n) is 1.09. The van der Waals surface area contributed by atoms with Gasteiger partial charge in [-0.25, -0.2) is 4.68 Å². The van der Waals surface area contributed by atoms with Gasteiger partial charge in [-0.2, -0.15) is 0 Å². The first-order chi connectivity index (χ1) is 6.90. The first-order valence-corrected chi connectivity index (χ1v) is 4.71. The van der Waals surface area contributed by atoms with E-state index in [9.17, 15) is 4.79 Å². The van der Waals surface area contributed by atoms with Crippen molar-refractivity contribution in [1.82, 2.24) is 20.3 Å². The lowest BCUT2D eigenvalue weighted by Crippen LogP contribution is -2.42. The number of aromatic nitrogens is 3. The summed E-state index contributed by atoms with van der Waals surface area (Å²) in [5.41, 5.74) is 0.204. The Hall–Kier alpha value is -1.43. The zero-order chi connectivity index (χ0) is 11.5. The molecular weight excluding hydrogens is 196 g/mol. The molecule has 1 aromatic rings. The highest BCUT2D eigenvalue weighted by Gasteiger charge is 2.14. The maximum Gasteiger partial charge on any atom is 0.242 e. The van der Waals surface area contributed by atoms with Gasteiger partial charge in [0, 0.05) is 5.54 Å². The number of nitrogens with zero attached hydrogens (tertiary/aromatic N) is 3. The van der Waals surface area contributed by atoms with Crippen molar-refractivity contribution in [3.05, 3.63) is 11.9 Å². The van der Waals surface area contributed by atoms with Crippen LogP contribution < -0.4 is 5.32 Å². The topological polar surface area (TPSA) is 80.0 Å². The molecule has 0 bridgehead atoms. The van der Waals surface area contributed by atoms with Crippen LogP contribution in [0.15, 0.2) is 6.20 Å². The van der Waals surface area contributed by atoms with Gasteiger partial charge in [0.1, 0.15) is 12.2 Å². The number of nitrogens with one attached hydrogen (secondary N) is 1. The van der Waals surface area contributed by atoms with Gasteiger partial charge in [-0.1, -0.05) is 5.21 Å². The van der Waals surface area contributed by atoms with Crippen molar-refractivity contribution in [3.8, 4) is 0 Å². The van der Waals surface area contributed by atoms with Gasteiger partial charge >= 0.3 is 0 Å². The van der Waals surface area contributed by atoms with E-state index < -0.39 is 0 Å². The third-order valence-corrected chi connectivity index (χ3v) is 1.57. The third kappa shape index (κ3) is 4.07. The van der Waals surface area contributed by atoms with E-state index in [-0.39, 0.29) is 24.6 Å². The Bertz CT molecular complexity index is 340. The molecule has 0 unspecified atom stereocenters. The number of hydrogen-bond acceptors (Lipinski definition) is 4. The van der Waals surface area contributed by atoms with Gasteiger partial charge in [-0.15, -0.1) is 5.10 Å². The average Bonchev–Trinajstić information content (AvgIpc) is 2.48. The second kappa shape index (κ2) is 4.39. The standard InChI is InChI=1S/C9H16N4O2/c1-9(2,3)10-8(15)5-13-4-7(6-14)11-12-13/h4,14H,5-6H2,1-3H3,(H,10,15). The zero-order valence-corrected chi connectivity index (χ0v) is 9.19. The van der Waals surface area contributed by atoms with Crippen molar-refractivity contribution in [3.63, 3.8) is 0 Å². The summed E-state index contributed by atoms with van der Waals surface area (Å²) >= 11 is 0. The van der Waals surface area contributed by atoms with E-state index in [2.05, 4.69) is 15.6 Å². The molecule has 1 heterocycles. The molecular formula is C9H16N4O2. The lowest BCUT2D eigenvalue weighted by Gasteiger charge is -2.20. The fourth-order valence-corrected chi connectivity index (χ4v) is 1.09. The lowest BCUT2D eigenvalue weighted by atomic mass is 10.1. The highest BCUT2D eigenvalue weighted by molar-refractivity contribution is 5.76. The minimum absolute atomic E-state index is 0.115. The molecule has 0 fully saturated rings. The molecule has 0 radical (unpaired) electrons. The molecule has 2 N–H and O–H groups in total. The van der Waals surface area contributed by atoms with Gasteiger partial charge in [0.05, 0.1) is 12.8 Å². The van der Waals surface area contributed by atoms with E-state index in [1.165, 1.54) is 4.68 Å². The van der Waals surface area contributed by atoms with Crippen molar-refractivity contribution in [2.75, 3.05) is 0 Å². The minimum Gasteiger partial charge on any atom is -0.390 e.